The van der Waals surface area contributed by atoms with Crippen molar-refractivity contribution < 1.29 is 27.9 Å². The summed E-state index contributed by atoms with van der Waals surface area (Å²) < 4.78 is 24.2. The van der Waals surface area contributed by atoms with Crippen LogP contribution in [0.15, 0.2) is 75.6 Å². The predicted molar refractivity (Wildman–Crippen MR) is 180 cm³/mol. The maximum absolute atomic E-state index is 13.1. The Labute approximate surface area is 273 Å². The average Bonchev–Trinajstić information content (AvgIpc) is 3.77. The van der Waals surface area contributed by atoms with Crippen LogP contribution in [0.5, 0.6) is 5.75 Å². The Bertz CT molecular complexity index is 1930. The minimum absolute atomic E-state index is 0.0571. The summed E-state index contributed by atoms with van der Waals surface area (Å²) >= 11 is 0. The fourth-order valence-corrected chi connectivity index (χ4v) is 6.85. The Morgan fingerprint density at radius 3 is 2.36 bits per heavy atom. The maximum Gasteiger partial charge on any atom is 0.319 e. The Balaban J connectivity index is 0.995. The number of carbonyl (C=O) groups excluding carboxylic acids is 2. The number of furan rings is 2. The van der Waals surface area contributed by atoms with Crippen molar-refractivity contribution in [3.63, 3.8) is 0 Å². The highest BCUT2D eigenvalue weighted by Crippen LogP contribution is 2.34. The number of amides is 4. The normalized spacial score (nSPS) is 18.7. The van der Waals surface area contributed by atoms with Gasteiger partial charge >= 0.3 is 12.1 Å². The van der Waals surface area contributed by atoms with Gasteiger partial charge in [0.15, 0.2) is 0 Å². The third-order valence-electron chi connectivity index (χ3n) is 9.17. The number of fused-ring (bicyclic) bond motifs is 3. The number of rotatable bonds is 8. The standard InChI is InChI=1S/C37H40N4O6/c1-21-28-8-4-6-10-32(28)46-34(21)22(2)38-36(42)41-26-15-17-44-27(19-26)20-30-29-9-5-7-11-33(29)47-35(30)23(3)39-37(43)40-25-12-13-31-24(18-25)14-16-45-31/h4-13,18,22-23,26-27H,14-17,19-20H2,1-3H3,(H2,38,41,42)(H2,39,40,43)/t22-,23-,26?,27?/m1/s1. The lowest BCUT2D eigenvalue weighted by atomic mass is 9.95. The molecule has 1 saturated heterocycles. The number of anilines is 1. The molecule has 2 aliphatic heterocycles. The van der Waals surface area contributed by atoms with E-state index in [2.05, 4.69) is 21.3 Å². The van der Waals surface area contributed by atoms with Crippen molar-refractivity contribution in [3.05, 3.63) is 94.9 Å². The van der Waals surface area contributed by atoms with Gasteiger partial charge in [0.1, 0.15) is 28.4 Å². The molecular formula is C37H40N4O6. The second-order valence-electron chi connectivity index (χ2n) is 12.5. The molecule has 2 unspecified atom stereocenters. The minimum atomic E-state index is -0.401. The molecule has 4 heterocycles. The van der Waals surface area contributed by atoms with Gasteiger partial charge in [-0.15, -0.1) is 0 Å². The van der Waals surface area contributed by atoms with Crippen molar-refractivity contribution in [2.45, 2.75) is 70.7 Å². The molecule has 2 aliphatic rings. The summed E-state index contributed by atoms with van der Waals surface area (Å²) in [7, 11) is 0. The number of ether oxygens (including phenoxy) is 2. The number of benzene rings is 3. The lowest BCUT2D eigenvalue weighted by Crippen LogP contribution is -2.47. The lowest BCUT2D eigenvalue weighted by Gasteiger charge is -2.31. The van der Waals surface area contributed by atoms with Crippen molar-refractivity contribution >= 4 is 39.7 Å². The van der Waals surface area contributed by atoms with Crippen LogP contribution in [0, 0.1) is 6.92 Å². The Morgan fingerprint density at radius 2 is 1.55 bits per heavy atom. The highest BCUT2D eigenvalue weighted by atomic mass is 16.5. The monoisotopic (exact) mass is 636 g/mol. The van der Waals surface area contributed by atoms with Gasteiger partial charge in [-0.1, -0.05) is 36.4 Å². The summed E-state index contributed by atoms with van der Waals surface area (Å²) in [4.78, 5) is 26.1. The predicted octanol–water partition coefficient (Wildman–Crippen LogP) is 7.46. The summed E-state index contributed by atoms with van der Waals surface area (Å²) in [6.07, 6.45) is 2.64. The number of urea groups is 2. The van der Waals surface area contributed by atoms with Gasteiger partial charge in [-0.25, -0.2) is 9.59 Å². The average molecular weight is 637 g/mol. The van der Waals surface area contributed by atoms with Gasteiger partial charge in [-0.2, -0.15) is 0 Å². The topological polar surface area (TPSA) is 127 Å². The van der Waals surface area contributed by atoms with Gasteiger partial charge in [0.2, 0.25) is 0 Å². The quantitative estimate of drug-likeness (QED) is 0.140. The Kier molecular flexibility index (Phi) is 8.51. The van der Waals surface area contributed by atoms with Gasteiger partial charge in [0.25, 0.3) is 0 Å². The van der Waals surface area contributed by atoms with Gasteiger partial charge < -0.3 is 39.6 Å². The van der Waals surface area contributed by atoms with Crippen LogP contribution in [0.3, 0.4) is 0 Å². The van der Waals surface area contributed by atoms with Gasteiger partial charge in [-0.3, -0.25) is 0 Å². The molecule has 3 aromatic carbocycles. The van der Waals surface area contributed by atoms with Crippen molar-refractivity contribution in [1.82, 2.24) is 16.0 Å². The first-order chi connectivity index (χ1) is 22.8. The van der Waals surface area contributed by atoms with Crippen molar-refractivity contribution in [1.29, 1.82) is 0 Å². The van der Waals surface area contributed by atoms with E-state index in [0.717, 1.165) is 56.6 Å². The van der Waals surface area contributed by atoms with E-state index in [1.165, 1.54) is 0 Å². The zero-order valence-corrected chi connectivity index (χ0v) is 26.9. The largest absolute Gasteiger partial charge is 0.493 e. The van der Waals surface area contributed by atoms with Crippen LogP contribution in [-0.4, -0.2) is 37.4 Å². The van der Waals surface area contributed by atoms with E-state index in [-0.39, 0.29) is 30.2 Å². The fourth-order valence-electron chi connectivity index (χ4n) is 6.85. The van der Waals surface area contributed by atoms with E-state index in [1.807, 2.05) is 87.5 Å². The molecule has 2 aromatic heterocycles. The molecular weight excluding hydrogens is 596 g/mol. The van der Waals surface area contributed by atoms with Crippen molar-refractivity contribution in [2.75, 3.05) is 18.5 Å². The van der Waals surface area contributed by atoms with Crippen LogP contribution in [0.4, 0.5) is 15.3 Å². The van der Waals surface area contributed by atoms with E-state index >= 15 is 0 Å². The molecule has 1 fully saturated rings. The van der Waals surface area contributed by atoms with Crippen LogP contribution in [0.2, 0.25) is 0 Å². The summed E-state index contributed by atoms with van der Waals surface area (Å²) in [6.45, 7) is 7.05. The van der Waals surface area contributed by atoms with Crippen molar-refractivity contribution in [3.8, 4) is 5.75 Å². The van der Waals surface area contributed by atoms with Gasteiger partial charge in [-0.05, 0) is 69.5 Å². The van der Waals surface area contributed by atoms with Crippen LogP contribution < -0.4 is 26.0 Å². The lowest BCUT2D eigenvalue weighted by molar-refractivity contribution is 0.00414. The Hall–Kier alpha value is -4.96. The molecule has 7 rings (SSSR count). The maximum atomic E-state index is 13.1. The number of nitrogens with one attached hydrogen (secondary N) is 4. The fraction of sp³-hybridized carbons (Fsp3) is 0.351. The minimum Gasteiger partial charge on any atom is -0.493 e. The zero-order valence-electron chi connectivity index (χ0n) is 26.9. The molecule has 4 amide bonds. The molecule has 4 atom stereocenters. The van der Waals surface area contributed by atoms with Gasteiger partial charge in [0.05, 0.1) is 24.8 Å². The number of carbonyl (C=O) groups is 2. The molecule has 0 saturated carbocycles. The molecule has 10 heteroatoms. The molecule has 0 spiro atoms. The van der Waals surface area contributed by atoms with Crippen molar-refractivity contribution in [2.24, 2.45) is 0 Å². The summed E-state index contributed by atoms with van der Waals surface area (Å²) in [5.41, 5.74) is 5.39. The summed E-state index contributed by atoms with van der Waals surface area (Å²) in [5.74, 6) is 2.31. The van der Waals surface area contributed by atoms with E-state index in [0.29, 0.717) is 43.9 Å². The van der Waals surface area contributed by atoms with Crippen LogP contribution >= 0.6 is 0 Å². The highest BCUT2D eigenvalue weighted by Gasteiger charge is 2.29. The molecule has 47 heavy (non-hydrogen) atoms. The van der Waals surface area contributed by atoms with E-state index in [9.17, 15) is 9.59 Å². The molecule has 5 aromatic rings. The van der Waals surface area contributed by atoms with E-state index in [1.54, 1.807) is 0 Å². The first kappa shape index (κ1) is 30.7. The van der Waals surface area contributed by atoms with Crippen LogP contribution in [0.25, 0.3) is 21.9 Å². The third-order valence-corrected chi connectivity index (χ3v) is 9.17. The molecule has 244 valence electrons. The molecule has 10 nitrogen and oxygen atoms in total. The summed E-state index contributed by atoms with van der Waals surface area (Å²) in [6, 6.07) is 20.1. The molecule has 0 bridgehead atoms. The van der Waals surface area contributed by atoms with E-state index < -0.39 is 6.04 Å². The van der Waals surface area contributed by atoms with E-state index in [4.69, 9.17) is 18.3 Å². The smallest absolute Gasteiger partial charge is 0.319 e. The summed E-state index contributed by atoms with van der Waals surface area (Å²) in [5, 5.41) is 14.2. The van der Waals surface area contributed by atoms with Gasteiger partial charge in [0, 0.05) is 53.1 Å². The molecule has 4 N–H and O–H groups in total. The van der Waals surface area contributed by atoms with Crippen LogP contribution in [0.1, 0.15) is 67.0 Å². The number of para-hydroxylation sites is 2. The molecule has 0 radical (unpaired) electrons. The second-order valence-corrected chi connectivity index (χ2v) is 12.5. The first-order valence-electron chi connectivity index (χ1n) is 16.3. The van der Waals surface area contributed by atoms with Crippen LogP contribution in [-0.2, 0) is 17.6 Å². The Morgan fingerprint density at radius 1 is 0.851 bits per heavy atom. The first-order valence-corrected chi connectivity index (χ1v) is 16.3. The number of hydrogen-bond acceptors (Lipinski definition) is 6. The zero-order chi connectivity index (χ0) is 32.5. The third kappa shape index (κ3) is 6.51. The molecule has 0 aliphatic carbocycles. The highest BCUT2D eigenvalue weighted by molar-refractivity contribution is 5.90. The second kappa shape index (κ2) is 13.0. The number of aryl methyl sites for hydroxylation is 1. The number of hydrogen-bond donors (Lipinski definition) is 4. The SMILES string of the molecule is Cc1c([C@@H](C)NC(=O)NC2CCOC(Cc3c([C@@H](C)NC(=O)Nc4ccc5c(c4)CCO5)oc4ccccc34)C2)oc2ccccc12.